The molecule has 0 spiro atoms. The minimum atomic E-state index is -4.22. The second kappa shape index (κ2) is 6.75. The van der Waals surface area contributed by atoms with Crippen LogP contribution in [0.3, 0.4) is 0 Å². The van der Waals surface area contributed by atoms with E-state index in [1.165, 1.54) is 7.05 Å². The zero-order valence-electron chi connectivity index (χ0n) is 11.5. The van der Waals surface area contributed by atoms with Gasteiger partial charge in [-0.15, -0.1) is 0 Å². The predicted molar refractivity (Wildman–Crippen MR) is 70.1 cm³/mol. The maximum absolute atomic E-state index is 12.3. The summed E-state index contributed by atoms with van der Waals surface area (Å²) in [4.78, 5) is 5.32. The van der Waals surface area contributed by atoms with E-state index in [2.05, 4.69) is 24.1 Å². The van der Waals surface area contributed by atoms with Crippen molar-refractivity contribution in [3.05, 3.63) is 23.9 Å². The summed E-state index contributed by atoms with van der Waals surface area (Å²) >= 11 is 0. The van der Waals surface area contributed by atoms with Crippen molar-refractivity contribution in [1.82, 2.24) is 10.3 Å². The fraction of sp³-hybridized carbons (Fsp3) is 0.615. The Morgan fingerprint density at radius 3 is 2.58 bits per heavy atom. The van der Waals surface area contributed by atoms with Crippen LogP contribution in [0.1, 0.15) is 19.5 Å². The minimum absolute atomic E-state index is 0.334. The van der Waals surface area contributed by atoms with Gasteiger partial charge in [-0.3, -0.25) is 0 Å². The van der Waals surface area contributed by atoms with Gasteiger partial charge in [-0.2, -0.15) is 13.2 Å². The van der Waals surface area contributed by atoms with Crippen LogP contribution in [0.15, 0.2) is 18.2 Å². The molecule has 108 valence electrons. The Balaban J connectivity index is 2.61. The molecule has 3 nitrogen and oxygen atoms in total. The molecule has 0 atom stereocenters. The van der Waals surface area contributed by atoms with Crippen LogP contribution in [0.5, 0.6) is 0 Å². The number of pyridine rings is 1. The number of nitrogens with one attached hydrogen (secondary N) is 1. The quantitative estimate of drug-likeness (QED) is 0.865. The molecule has 0 unspecified atom stereocenters. The van der Waals surface area contributed by atoms with Gasteiger partial charge in [0.1, 0.15) is 12.4 Å². The van der Waals surface area contributed by atoms with E-state index >= 15 is 0 Å². The molecule has 1 aromatic heterocycles. The van der Waals surface area contributed by atoms with E-state index in [1.807, 2.05) is 0 Å². The fourth-order valence-electron chi connectivity index (χ4n) is 1.62. The summed E-state index contributed by atoms with van der Waals surface area (Å²) in [6, 6.07) is 5.11. The monoisotopic (exact) mass is 275 g/mol. The van der Waals surface area contributed by atoms with Crippen LogP contribution in [-0.2, 0) is 6.54 Å². The Kier molecular flexibility index (Phi) is 5.60. The van der Waals surface area contributed by atoms with Gasteiger partial charge in [0, 0.05) is 13.6 Å². The second-order valence-corrected chi connectivity index (χ2v) is 4.98. The molecule has 0 aliphatic heterocycles. The lowest BCUT2D eigenvalue weighted by atomic mass is 10.2. The van der Waals surface area contributed by atoms with Gasteiger partial charge in [-0.25, -0.2) is 4.98 Å². The molecule has 6 heteroatoms. The molecule has 0 aliphatic carbocycles. The Hall–Kier alpha value is -1.30. The zero-order valence-corrected chi connectivity index (χ0v) is 11.5. The molecule has 0 aliphatic rings. The molecule has 19 heavy (non-hydrogen) atoms. The summed E-state index contributed by atoms with van der Waals surface area (Å²) < 4.78 is 36.9. The molecule has 0 saturated carbocycles. The molecule has 0 saturated heterocycles. The molecule has 1 aromatic rings. The predicted octanol–water partition coefficient (Wildman–Crippen LogP) is 2.83. The number of rotatable bonds is 6. The van der Waals surface area contributed by atoms with Crippen molar-refractivity contribution >= 4 is 5.82 Å². The lowest BCUT2D eigenvalue weighted by molar-refractivity contribution is -0.119. The largest absolute Gasteiger partial charge is 0.405 e. The highest BCUT2D eigenvalue weighted by molar-refractivity contribution is 5.38. The average molecular weight is 275 g/mol. The first kappa shape index (κ1) is 15.8. The van der Waals surface area contributed by atoms with E-state index in [4.69, 9.17) is 0 Å². The minimum Gasteiger partial charge on any atom is -0.351 e. The summed E-state index contributed by atoms with van der Waals surface area (Å²) in [5.74, 6) is 0.859. The zero-order chi connectivity index (χ0) is 14.5. The van der Waals surface area contributed by atoms with Crippen LogP contribution in [0.25, 0.3) is 0 Å². The molecule has 1 heterocycles. The van der Waals surface area contributed by atoms with Crippen molar-refractivity contribution in [2.45, 2.75) is 26.6 Å². The van der Waals surface area contributed by atoms with Crippen LogP contribution < -0.4 is 10.2 Å². The first-order valence-corrected chi connectivity index (χ1v) is 6.22. The van der Waals surface area contributed by atoms with E-state index < -0.39 is 12.7 Å². The van der Waals surface area contributed by atoms with E-state index in [1.54, 1.807) is 18.2 Å². The highest BCUT2D eigenvalue weighted by Crippen LogP contribution is 2.19. The number of hydrogen-bond acceptors (Lipinski definition) is 3. The molecule has 0 bridgehead atoms. The average Bonchev–Trinajstić information content (AvgIpc) is 2.26. The van der Waals surface area contributed by atoms with Gasteiger partial charge < -0.3 is 10.2 Å². The first-order valence-electron chi connectivity index (χ1n) is 6.22. The maximum atomic E-state index is 12.3. The van der Waals surface area contributed by atoms with Crippen LogP contribution in [0, 0.1) is 5.92 Å². The van der Waals surface area contributed by atoms with Gasteiger partial charge in [0.15, 0.2) is 0 Å². The summed E-state index contributed by atoms with van der Waals surface area (Å²) in [6.07, 6.45) is -4.22. The number of halogens is 3. The third kappa shape index (κ3) is 6.42. The Morgan fingerprint density at radius 1 is 1.32 bits per heavy atom. The van der Waals surface area contributed by atoms with Gasteiger partial charge in [0.2, 0.25) is 0 Å². The Labute approximate surface area is 111 Å². The molecule has 1 N–H and O–H groups in total. The van der Waals surface area contributed by atoms with Crippen LogP contribution in [0.4, 0.5) is 19.0 Å². The standard InChI is InChI=1S/C13H20F3N3/c1-10(2)7-17-8-11-5-4-6-12(18-11)19(3)9-13(14,15)16/h4-6,10,17H,7-9H2,1-3H3. The van der Waals surface area contributed by atoms with E-state index in [0.29, 0.717) is 18.3 Å². The van der Waals surface area contributed by atoms with Crippen molar-refractivity contribution in [3.8, 4) is 0 Å². The number of aromatic nitrogens is 1. The van der Waals surface area contributed by atoms with Gasteiger partial charge in [-0.1, -0.05) is 19.9 Å². The van der Waals surface area contributed by atoms with Gasteiger partial charge in [0.05, 0.1) is 5.69 Å². The van der Waals surface area contributed by atoms with Crippen LogP contribution >= 0.6 is 0 Å². The van der Waals surface area contributed by atoms with Crippen molar-refractivity contribution < 1.29 is 13.2 Å². The number of nitrogens with zero attached hydrogens (tertiary/aromatic N) is 2. The summed E-state index contributed by atoms with van der Waals surface area (Å²) in [6.45, 7) is 4.60. The summed E-state index contributed by atoms with van der Waals surface area (Å²) in [5.41, 5.74) is 0.743. The van der Waals surface area contributed by atoms with Gasteiger partial charge in [0.25, 0.3) is 0 Å². The van der Waals surface area contributed by atoms with E-state index in [0.717, 1.165) is 17.1 Å². The van der Waals surface area contributed by atoms with Crippen molar-refractivity contribution in [1.29, 1.82) is 0 Å². The topological polar surface area (TPSA) is 28.2 Å². The van der Waals surface area contributed by atoms with Crippen molar-refractivity contribution in [2.24, 2.45) is 5.92 Å². The highest BCUT2D eigenvalue weighted by Gasteiger charge is 2.29. The normalized spacial score (nSPS) is 11.9. The van der Waals surface area contributed by atoms with Crippen molar-refractivity contribution in [2.75, 3.05) is 25.0 Å². The summed E-state index contributed by atoms with van der Waals surface area (Å²) in [7, 11) is 1.39. The van der Waals surface area contributed by atoms with Crippen LogP contribution in [-0.4, -0.2) is 31.3 Å². The van der Waals surface area contributed by atoms with Gasteiger partial charge >= 0.3 is 6.18 Å². The molecule has 0 aromatic carbocycles. The maximum Gasteiger partial charge on any atom is 0.405 e. The Bertz CT molecular complexity index is 391. The molecular formula is C13H20F3N3. The number of hydrogen-bond donors (Lipinski definition) is 1. The first-order chi connectivity index (χ1) is 8.78. The lowest BCUT2D eigenvalue weighted by Crippen LogP contribution is -2.31. The highest BCUT2D eigenvalue weighted by atomic mass is 19.4. The van der Waals surface area contributed by atoms with E-state index in [-0.39, 0.29) is 0 Å². The summed E-state index contributed by atoms with van der Waals surface area (Å²) in [5, 5.41) is 3.21. The third-order valence-corrected chi connectivity index (χ3v) is 2.46. The molecule has 0 amide bonds. The number of anilines is 1. The van der Waals surface area contributed by atoms with Crippen LogP contribution in [0.2, 0.25) is 0 Å². The molecule has 1 rings (SSSR count). The number of alkyl halides is 3. The molecular weight excluding hydrogens is 255 g/mol. The third-order valence-electron chi connectivity index (χ3n) is 2.46. The fourth-order valence-corrected chi connectivity index (χ4v) is 1.62. The molecule has 0 fully saturated rings. The van der Waals surface area contributed by atoms with Gasteiger partial charge in [-0.05, 0) is 24.6 Å². The lowest BCUT2D eigenvalue weighted by Gasteiger charge is -2.20. The molecule has 0 radical (unpaired) electrons. The van der Waals surface area contributed by atoms with E-state index in [9.17, 15) is 13.2 Å². The smallest absolute Gasteiger partial charge is 0.351 e. The second-order valence-electron chi connectivity index (χ2n) is 4.98. The SMILES string of the molecule is CC(C)CNCc1cccc(N(C)CC(F)(F)F)n1. The van der Waals surface area contributed by atoms with Crippen molar-refractivity contribution in [3.63, 3.8) is 0 Å². The Morgan fingerprint density at radius 2 is 2.00 bits per heavy atom.